The molecule has 6 heteroatoms. The highest BCUT2D eigenvalue weighted by Crippen LogP contribution is 2.23. The fourth-order valence-electron chi connectivity index (χ4n) is 2.55. The van der Waals surface area contributed by atoms with Gasteiger partial charge in [-0.15, -0.1) is 11.3 Å². The Morgan fingerprint density at radius 2 is 2.35 bits per heavy atom. The van der Waals surface area contributed by atoms with Gasteiger partial charge in [-0.1, -0.05) is 6.42 Å². The quantitative estimate of drug-likeness (QED) is 0.776. The van der Waals surface area contributed by atoms with Crippen molar-refractivity contribution in [2.45, 2.75) is 45.1 Å². The predicted molar refractivity (Wildman–Crippen MR) is 79.9 cm³/mol. The number of amides is 2. The number of rotatable bonds is 5. The van der Waals surface area contributed by atoms with Crippen LogP contribution in [0.25, 0.3) is 0 Å². The topological polar surface area (TPSA) is 74.2 Å². The van der Waals surface area contributed by atoms with Crippen molar-refractivity contribution in [3.8, 4) is 0 Å². The molecular weight excluding hydrogens is 274 g/mol. The van der Waals surface area contributed by atoms with Crippen LogP contribution in [0.5, 0.6) is 0 Å². The first kappa shape index (κ1) is 15.3. The number of hydrogen-bond donors (Lipinski definition) is 3. The molecule has 0 aliphatic heterocycles. The minimum absolute atomic E-state index is 0.127. The van der Waals surface area contributed by atoms with Crippen LogP contribution in [0.3, 0.4) is 0 Å². The summed E-state index contributed by atoms with van der Waals surface area (Å²) < 4.78 is 0. The molecule has 2 atom stereocenters. The highest BCUT2D eigenvalue weighted by molar-refractivity contribution is 7.11. The van der Waals surface area contributed by atoms with Gasteiger partial charge in [-0.2, -0.15) is 0 Å². The van der Waals surface area contributed by atoms with Crippen molar-refractivity contribution in [2.75, 3.05) is 13.1 Å². The number of carbonyl (C=O) groups is 1. The van der Waals surface area contributed by atoms with Crippen LogP contribution in [0.15, 0.2) is 6.20 Å². The normalized spacial score (nSPS) is 22.5. The molecule has 0 spiro atoms. The number of aliphatic hydroxyl groups excluding tert-OH is 1. The maximum absolute atomic E-state index is 11.7. The zero-order chi connectivity index (χ0) is 14.4. The summed E-state index contributed by atoms with van der Waals surface area (Å²) in [6.07, 6.45) is 6.29. The monoisotopic (exact) mass is 297 g/mol. The first-order valence-electron chi connectivity index (χ1n) is 7.24. The Morgan fingerprint density at radius 1 is 1.50 bits per heavy atom. The summed E-state index contributed by atoms with van der Waals surface area (Å²) in [6, 6.07) is -0.127. The second-order valence-corrected chi connectivity index (χ2v) is 6.76. The Morgan fingerprint density at radius 3 is 3.05 bits per heavy atom. The number of thiazole rings is 1. The first-order chi connectivity index (χ1) is 9.63. The fourth-order valence-corrected chi connectivity index (χ4v) is 3.33. The van der Waals surface area contributed by atoms with Crippen molar-refractivity contribution in [1.29, 1.82) is 0 Å². The van der Waals surface area contributed by atoms with E-state index in [1.165, 1.54) is 4.88 Å². The van der Waals surface area contributed by atoms with E-state index in [1.807, 2.05) is 13.1 Å². The molecule has 1 aliphatic rings. The molecule has 1 fully saturated rings. The SMILES string of the molecule is Cc1cnc(CCNC(=O)NCC2CCCC(O)C2)s1. The number of hydrogen-bond acceptors (Lipinski definition) is 4. The van der Waals surface area contributed by atoms with Gasteiger partial charge in [-0.3, -0.25) is 0 Å². The van der Waals surface area contributed by atoms with E-state index in [0.717, 1.165) is 37.1 Å². The van der Waals surface area contributed by atoms with Gasteiger partial charge < -0.3 is 15.7 Å². The number of aromatic nitrogens is 1. The van der Waals surface area contributed by atoms with Gasteiger partial charge in [-0.25, -0.2) is 9.78 Å². The van der Waals surface area contributed by atoms with E-state index in [1.54, 1.807) is 11.3 Å². The molecule has 0 radical (unpaired) electrons. The third-order valence-corrected chi connectivity index (χ3v) is 4.57. The number of nitrogens with zero attached hydrogens (tertiary/aromatic N) is 1. The summed E-state index contributed by atoms with van der Waals surface area (Å²) in [4.78, 5) is 17.1. The third kappa shape index (κ3) is 5.09. The summed E-state index contributed by atoms with van der Waals surface area (Å²) in [5, 5.41) is 16.4. The van der Waals surface area contributed by atoms with E-state index in [9.17, 15) is 9.90 Å². The maximum Gasteiger partial charge on any atom is 0.314 e. The van der Waals surface area contributed by atoms with E-state index in [0.29, 0.717) is 19.0 Å². The molecule has 0 bridgehead atoms. The van der Waals surface area contributed by atoms with Gasteiger partial charge >= 0.3 is 6.03 Å². The molecular formula is C14H23N3O2S. The lowest BCUT2D eigenvalue weighted by molar-refractivity contribution is 0.101. The number of carbonyl (C=O) groups excluding carboxylic acids is 1. The average Bonchev–Trinajstić information content (AvgIpc) is 2.82. The Balaban J connectivity index is 1.58. The van der Waals surface area contributed by atoms with Gasteiger partial charge in [0.1, 0.15) is 0 Å². The van der Waals surface area contributed by atoms with Crippen molar-refractivity contribution in [3.05, 3.63) is 16.1 Å². The highest BCUT2D eigenvalue weighted by Gasteiger charge is 2.20. The number of urea groups is 1. The minimum atomic E-state index is -0.188. The second kappa shape index (κ2) is 7.59. The molecule has 1 aliphatic carbocycles. The number of nitrogens with one attached hydrogen (secondary N) is 2. The summed E-state index contributed by atoms with van der Waals surface area (Å²) in [7, 11) is 0. The Bertz CT molecular complexity index is 436. The highest BCUT2D eigenvalue weighted by atomic mass is 32.1. The molecule has 1 heterocycles. The number of aryl methyl sites for hydroxylation is 1. The second-order valence-electron chi connectivity index (χ2n) is 5.44. The van der Waals surface area contributed by atoms with E-state index in [2.05, 4.69) is 15.6 Å². The van der Waals surface area contributed by atoms with Crippen LogP contribution >= 0.6 is 11.3 Å². The van der Waals surface area contributed by atoms with E-state index < -0.39 is 0 Å². The Kier molecular flexibility index (Phi) is 5.79. The molecule has 3 N–H and O–H groups in total. The molecule has 112 valence electrons. The van der Waals surface area contributed by atoms with Crippen LogP contribution in [0.2, 0.25) is 0 Å². The van der Waals surface area contributed by atoms with E-state index in [-0.39, 0.29) is 12.1 Å². The first-order valence-corrected chi connectivity index (χ1v) is 8.06. The van der Waals surface area contributed by atoms with Gasteiger partial charge in [0.2, 0.25) is 0 Å². The van der Waals surface area contributed by atoms with Crippen molar-refractivity contribution in [3.63, 3.8) is 0 Å². The lowest BCUT2D eigenvalue weighted by Crippen LogP contribution is -2.40. The molecule has 2 rings (SSSR count). The predicted octanol–water partition coefficient (Wildman–Crippen LogP) is 1.84. The van der Waals surface area contributed by atoms with E-state index >= 15 is 0 Å². The largest absolute Gasteiger partial charge is 0.393 e. The smallest absolute Gasteiger partial charge is 0.314 e. The van der Waals surface area contributed by atoms with E-state index in [4.69, 9.17) is 0 Å². The summed E-state index contributed by atoms with van der Waals surface area (Å²) in [5.74, 6) is 0.408. The van der Waals surface area contributed by atoms with Crippen LogP contribution in [0.4, 0.5) is 4.79 Å². The molecule has 5 nitrogen and oxygen atoms in total. The summed E-state index contributed by atoms with van der Waals surface area (Å²) in [5.41, 5.74) is 0. The van der Waals surface area contributed by atoms with Crippen molar-refractivity contribution < 1.29 is 9.90 Å². The Hall–Kier alpha value is -1.14. The van der Waals surface area contributed by atoms with Gasteiger partial charge in [0.15, 0.2) is 0 Å². The van der Waals surface area contributed by atoms with Crippen LogP contribution < -0.4 is 10.6 Å². The van der Waals surface area contributed by atoms with Crippen molar-refractivity contribution >= 4 is 17.4 Å². The zero-order valence-electron chi connectivity index (χ0n) is 11.9. The van der Waals surface area contributed by atoms with Crippen LogP contribution in [-0.2, 0) is 6.42 Å². The summed E-state index contributed by atoms with van der Waals surface area (Å²) in [6.45, 7) is 3.28. The number of aliphatic hydroxyl groups is 1. The van der Waals surface area contributed by atoms with Gasteiger partial charge in [0, 0.05) is 30.6 Å². The molecule has 2 unspecified atom stereocenters. The summed E-state index contributed by atoms with van der Waals surface area (Å²) >= 11 is 1.67. The maximum atomic E-state index is 11.7. The Labute approximate surface area is 123 Å². The molecule has 20 heavy (non-hydrogen) atoms. The lowest BCUT2D eigenvalue weighted by Gasteiger charge is -2.25. The fraction of sp³-hybridized carbons (Fsp3) is 0.714. The van der Waals surface area contributed by atoms with Gasteiger partial charge in [0.25, 0.3) is 0 Å². The van der Waals surface area contributed by atoms with Crippen molar-refractivity contribution in [2.24, 2.45) is 5.92 Å². The van der Waals surface area contributed by atoms with Crippen molar-refractivity contribution in [1.82, 2.24) is 15.6 Å². The standard InChI is InChI=1S/C14H23N3O2S/c1-10-8-16-13(20-10)5-6-15-14(19)17-9-11-3-2-4-12(18)7-11/h8,11-12,18H,2-7,9H2,1H3,(H2,15,17,19). The molecule has 0 saturated heterocycles. The zero-order valence-corrected chi connectivity index (χ0v) is 12.7. The molecule has 1 aromatic heterocycles. The molecule has 0 aromatic carbocycles. The van der Waals surface area contributed by atoms with Gasteiger partial charge in [-0.05, 0) is 32.1 Å². The average molecular weight is 297 g/mol. The molecule has 1 saturated carbocycles. The van der Waals surface area contributed by atoms with Crippen LogP contribution in [-0.4, -0.2) is 35.3 Å². The van der Waals surface area contributed by atoms with Crippen LogP contribution in [0, 0.1) is 12.8 Å². The molecule has 2 amide bonds. The minimum Gasteiger partial charge on any atom is -0.393 e. The third-order valence-electron chi connectivity index (χ3n) is 3.60. The lowest BCUT2D eigenvalue weighted by atomic mass is 9.87. The van der Waals surface area contributed by atoms with Crippen LogP contribution in [0.1, 0.15) is 35.6 Å². The molecule has 1 aromatic rings. The van der Waals surface area contributed by atoms with Gasteiger partial charge in [0.05, 0.1) is 11.1 Å².